The van der Waals surface area contributed by atoms with Gasteiger partial charge in [0.2, 0.25) is 29.5 Å². The van der Waals surface area contributed by atoms with Crippen LogP contribution < -0.4 is 26.6 Å². The van der Waals surface area contributed by atoms with Crippen LogP contribution in [0.2, 0.25) is 0 Å². The zero-order valence-electron chi connectivity index (χ0n) is 21.8. The number of carbonyl (C=O) groups excluding carboxylic acids is 7. The van der Waals surface area contributed by atoms with Gasteiger partial charge in [0.1, 0.15) is 24.7 Å². The van der Waals surface area contributed by atoms with E-state index in [0.29, 0.717) is 19.0 Å². The molecule has 37 heavy (non-hydrogen) atoms. The number of nitrogens with one attached hydrogen (secondary N) is 5. The maximum Gasteiger partial charge on any atom is 0.245 e. The maximum absolute atomic E-state index is 12.5. The second kappa shape index (κ2) is 17.0. The van der Waals surface area contributed by atoms with Crippen molar-refractivity contribution >= 4 is 67.4 Å². The number of hydrogen-bond acceptors (Lipinski definition) is 9. The van der Waals surface area contributed by atoms with Gasteiger partial charge < -0.3 is 36.2 Å². The summed E-state index contributed by atoms with van der Waals surface area (Å²) in [5.41, 5.74) is -1.17. The molecule has 0 rings (SSSR count). The van der Waals surface area contributed by atoms with Gasteiger partial charge in [0.25, 0.3) is 0 Å². The van der Waals surface area contributed by atoms with Crippen molar-refractivity contribution in [2.45, 2.75) is 88.5 Å². The highest BCUT2D eigenvalue weighted by Gasteiger charge is 2.31. The average Bonchev–Trinajstić information content (AvgIpc) is 2.82. The van der Waals surface area contributed by atoms with Gasteiger partial charge in [0.05, 0.1) is 22.7 Å². The molecule has 0 aliphatic carbocycles. The van der Waals surface area contributed by atoms with Crippen LogP contribution in [-0.2, 0) is 33.6 Å². The summed E-state index contributed by atoms with van der Waals surface area (Å²) in [6.45, 7) is 7.75. The maximum atomic E-state index is 12.5. The monoisotopic (exact) mass is 561 g/mol. The highest BCUT2D eigenvalue weighted by atomic mass is 32.2. The summed E-state index contributed by atoms with van der Waals surface area (Å²) in [4.78, 5) is 83.5. The number of amides is 5. The van der Waals surface area contributed by atoms with Gasteiger partial charge >= 0.3 is 0 Å². The van der Waals surface area contributed by atoms with Gasteiger partial charge in [0, 0.05) is 12.3 Å². The highest BCUT2D eigenvalue weighted by molar-refractivity contribution is 7.99. The Morgan fingerprint density at radius 2 is 1.49 bits per heavy atom. The van der Waals surface area contributed by atoms with Crippen molar-refractivity contribution < 1.29 is 33.6 Å². The van der Waals surface area contributed by atoms with Crippen LogP contribution in [-0.4, -0.2) is 76.9 Å². The molecule has 0 saturated carbocycles. The highest BCUT2D eigenvalue weighted by Crippen LogP contribution is 2.10. The van der Waals surface area contributed by atoms with E-state index < -0.39 is 51.9 Å². The van der Waals surface area contributed by atoms with Crippen LogP contribution in [0.1, 0.15) is 60.3 Å². The summed E-state index contributed by atoms with van der Waals surface area (Å²) in [5.74, 6) is -3.01. The molecule has 0 bridgehead atoms. The molecule has 0 spiro atoms. The molecule has 0 heterocycles. The lowest BCUT2D eigenvalue weighted by Gasteiger charge is -2.27. The van der Waals surface area contributed by atoms with E-state index in [1.54, 1.807) is 6.92 Å². The van der Waals surface area contributed by atoms with Crippen LogP contribution in [0.15, 0.2) is 0 Å². The number of hydrogen-bond donors (Lipinski definition) is 7. The summed E-state index contributed by atoms with van der Waals surface area (Å²) >= 11 is 8.17. The third kappa shape index (κ3) is 14.1. The van der Waals surface area contributed by atoms with Crippen LogP contribution >= 0.6 is 25.3 Å². The smallest absolute Gasteiger partial charge is 0.245 e. The van der Waals surface area contributed by atoms with Crippen molar-refractivity contribution in [3.63, 3.8) is 0 Å². The van der Waals surface area contributed by atoms with Gasteiger partial charge in [-0.05, 0) is 33.6 Å². The lowest BCUT2D eigenvalue weighted by molar-refractivity contribution is -0.132. The zero-order valence-corrected chi connectivity index (χ0v) is 23.6. The predicted molar refractivity (Wildman–Crippen MR) is 144 cm³/mol. The Labute approximate surface area is 228 Å². The topological polar surface area (TPSA) is 180 Å². The van der Waals surface area contributed by atoms with Gasteiger partial charge in [-0.25, -0.2) is 0 Å². The number of carbonyl (C=O) groups is 7. The summed E-state index contributed by atoms with van der Waals surface area (Å²) in [5, 5.41) is 12.3. The number of thiol groups is 2. The molecule has 0 aromatic rings. The molecular weight excluding hydrogens is 522 g/mol. The SMILES string of the molecule is CCCC(C)C(=O)NCC(=O)NC(C=O)CCC(=O)NC(C)C(=O)NC(C(=O)NC(C)(C)C=O)C(S)S. The predicted octanol–water partition coefficient (Wildman–Crippen LogP) is -0.728. The third-order valence-electron chi connectivity index (χ3n) is 5.17. The molecule has 0 aliphatic heterocycles. The van der Waals surface area contributed by atoms with E-state index in [1.165, 1.54) is 20.8 Å². The van der Waals surface area contributed by atoms with Gasteiger partial charge in [-0.2, -0.15) is 25.3 Å². The number of rotatable bonds is 17. The molecule has 14 heteroatoms. The molecular formula is C23H39N5O7S2. The Morgan fingerprint density at radius 3 is 2.00 bits per heavy atom. The fourth-order valence-corrected chi connectivity index (χ4v) is 3.40. The second-order valence-electron chi connectivity index (χ2n) is 9.27. The van der Waals surface area contributed by atoms with E-state index in [0.717, 1.165) is 6.42 Å². The van der Waals surface area contributed by atoms with Gasteiger partial charge in [-0.3, -0.25) is 24.0 Å². The normalized spacial score (nSPS) is 14.4. The minimum atomic E-state index is -1.20. The van der Waals surface area contributed by atoms with Gasteiger partial charge in [0.15, 0.2) is 0 Å². The molecule has 4 atom stereocenters. The first kappa shape index (κ1) is 34.4. The Hall–Kier alpha value is -2.61. The van der Waals surface area contributed by atoms with Crippen LogP contribution in [0.25, 0.3) is 0 Å². The Morgan fingerprint density at radius 1 is 0.865 bits per heavy atom. The largest absolute Gasteiger partial charge is 0.347 e. The molecule has 0 aromatic carbocycles. The third-order valence-corrected chi connectivity index (χ3v) is 5.77. The van der Waals surface area contributed by atoms with E-state index in [4.69, 9.17) is 0 Å². The van der Waals surface area contributed by atoms with E-state index in [9.17, 15) is 33.6 Å². The molecule has 0 aliphatic rings. The van der Waals surface area contributed by atoms with Crippen LogP contribution in [0.4, 0.5) is 0 Å². The quantitative estimate of drug-likeness (QED) is 0.0695. The van der Waals surface area contributed by atoms with Crippen molar-refractivity contribution in [1.82, 2.24) is 26.6 Å². The first-order valence-corrected chi connectivity index (χ1v) is 13.0. The summed E-state index contributed by atoms with van der Waals surface area (Å²) in [7, 11) is 0. The zero-order chi connectivity index (χ0) is 28.8. The van der Waals surface area contributed by atoms with E-state index >= 15 is 0 Å². The summed E-state index contributed by atoms with van der Waals surface area (Å²) in [6, 6.07) is -3.21. The fourth-order valence-electron chi connectivity index (χ4n) is 2.98. The summed E-state index contributed by atoms with van der Waals surface area (Å²) in [6.07, 6.45) is 2.32. The summed E-state index contributed by atoms with van der Waals surface area (Å²) < 4.78 is -0.897. The van der Waals surface area contributed by atoms with Crippen LogP contribution in [0.5, 0.6) is 0 Å². The van der Waals surface area contributed by atoms with Gasteiger partial charge in [-0.1, -0.05) is 20.3 Å². The van der Waals surface area contributed by atoms with Crippen molar-refractivity contribution in [2.24, 2.45) is 5.92 Å². The van der Waals surface area contributed by atoms with Crippen LogP contribution in [0.3, 0.4) is 0 Å². The molecule has 0 aromatic heterocycles. The Balaban J connectivity index is 4.71. The molecule has 0 fully saturated rings. The lowest BCUT2D eigenvalue weighted by atomic mass is 10.1. The molecule has 0 saturated heterocycles. The first-order valence-electron chi connectivity index (χ1n) is 11.9. The standard InChI is InChI=1S/C23H39N5O7S2/c1-6-7-13(2)19(33)24-10-17(32)26-15(11-29)8-9-16(31)25-14(3)20(34)27-18(22(36)37)21(35)28-23(4,5)12-30/h11-15,18,22,36-37H,6-10H2,1-5H3,(H,24,33)(H,25,31)(H,26,32)(H,27,34)(H,28,35). The van der Waals surface area contributed by atoms with Crippen molar-refractivity contribution in [1.29, 1.82) is 0 Å². The Kier molecular flexibility index (Phi) is 15.8. The molecule has 0 radical (unpaired) electrons. The average molecular weight is 562 g/mol. The lowest BCUT2D eigenvalue weighted by Crippen LogP contribution is -2.58. The fraction of sp³-hybridized carbons (Fsp3) is 0.696. The first-order chi connectivity index (χ1) is 17.2. The minimum Gasteiger partial charge on any atom is -0.347 e. The van der Waals surface area contributed by atoms with Crippen LogP contribution in [0, 0.1) is 5.92 Å². The van der Waals surface area contributed by atoms with Gasteiger partial charge in [-0.15, -0.1) is 0 Å². The van der Waals surface area contributed by atoms with Crippen molar-refractivity contribution in [2.75, 3.05) is 6.54 Å². The minimum absolute atomic E-state index is 0.0310. The number of aldehydes is 2. The molecule has 210 valence electrons. The Bertz CT molecular complexity index is 838. The van der Waals surface area contributed by atoms with E-state index in [-0.39, 0.29) is 31.2 Å². The van der Waals surface area contributed by atoms with E-state index in [2.05, 4.69) is 51.8 Å². The van der Waals surface area contributed by atoms with Crippen molar-refractivity contribution in [3.05, 3.63) is 0 Å². The molecule has 4 unspecified atom stereocenters. The van der Waals surface area contributed by atoms with E-state index in [1.807, 2.05) is 6.92 Å². The molecule has 12 nitrogen and oxygen atoms in total. The van der Waals surface area contributed by atoms with Crippen molar-refractivity contribution in [3.8, 4) is 0 Å². The second-order valence-corrected chi connectivity index (χ2v) is 10.8. The molecule has 5 amide bonds. The molecule has 5 N–H and O–H groups in total.